The lowest BCUT2D eigenvalue weighted by molar-refractivity contribution is 0.0698. The highest BCUT2D eigenvalue weighted by atomic mass is 16.5. The molecule has 0 atom stereocenters. The Labute approximate surface area is 92.5 Å². The fraction of sp³-hybridized carbons (Fsp3) is 0.167. The van der Waals surface area contributed by atoms with E-state index in [9.17, 15) is 4.79 Å². The summed E-state index contributed by atoms with van der Waals surface area (Å²) in [4.78, 5) is 15.0. The molecule has 0 aliphatic carbocycles. The molecular formula is C12H11NO3. The molecule has 4 heteroatoms. The Hall–Kier alpha value is -2.10. The Morgan fingerprint density at radius 1 is 1.38 bits per heavy atom. The second kappa shape index (κ2) is 3.81. The number of pyridine rings is 1. The van der Waals surface area contributed by atoms with Crippen molar-refractivity contribution in [1.29, 1.82) is 0 Å². The number of carboxylic acids is 1. The van der Waals surface area contributed by atoms with E-state index in [2.05, 4.69) is 4.98 Å². The Morgan fingerprint density at radius 3 is 2.75 bits per heavy atom. The molecule has 0 unspecified atom stereocenters. The fourth-order valence-electron chi connectivity index (χ4n) is 1.67. The maximum atomic E-state index is 11.0. The van der Waals surface area contributed by atoms with Gasteiger partial charge in [-0.25, -0.2) is 9.78 Å². The molecule has 0 saturated heterocycles. The van der Waals surface area contributed by atoms with Gasteiger partial charge in [0.2, 0.25) is 5.88 Å². The molecule has 4 nitrogen and oxygen atoms in total. The molecule has 1 aromatic carbocycles. The van der Waals surface area contributed by atoms with Gasteiger partial charge in [-0.3, -0.25) is 0 Å². The summed E-state index contributed by atoms with van der Waals surface area (Å²) < 4.78 is 5.11. The lowest BCUT2D eigenvalue weighted by Gasteiger charge is -2.07. The second-order valence-electron chi connectivity index (χ2n) is 3.54. The van der Waals surface area contributed by atoms with Crippen molar-refractivity contribution >= 4 is 16.7 Å². The van der Waals surface area contributed by atoms with Crippen LogP contribution in [-0.4, -0.2) is 23.2 Å². The minimum absolute atomic E-state index is 0.191. The van der Waals surface area contributed by atoms with Crippen molar-refractivity contribution in [2.75, 3.05) is 7.11 Å². The number of aromatic carboxylic acids is 1. The summed E-state index contributed by atoms with van der Waals surface area (Å²) in [7, 11) is 1.52. The highest BCUT2D eigenvalue weighted by molar-refractivity contribution is 6.04. The number of nitrogens with zero attached hydrogens (tertiary/aromatic N) is 1. The van der Waals surface area contributed by atoms with Crippen molar-refractivity contribution < 1.29 is 14.6 Å². The molecule has 1 aromatic heterocycles. The summed E-state index contributed by atoms with van der Waals surface area (Å²) in [6, 6.07) is 5.51. The van der Waals surface area contributed by atoms with Crippen LogP contribution >= 0.6 is 0 Å². The van der Waals surface area contributed by atoms with Crippen LogP contribution in [0.5, 0.6) is 5.88 Å². The first-order valence-corrected chi connectivity index (χ1v) is 4.80. The van der Waals surface area contributed by atoms with Gasteiger partial charge in [0.05, 0.1) is 12.7 Å². The minimum atomic E-state index is -0.982. The highest BCUT2D eigenvalue weighted by Gasteiger charge is 2.12. The van der Waals surface area contributed by atoms with E-state index in [-0.39, 0.29) is 5.56 Å². The van der Waals surface area contributed by atoms with E-state index in [1.807, 2.05) is 19.1 Å². The van der Waals surface area contributed by atoms with Crippen LogP contribution in [0, 0.1) is 6.92 Å². The minimum Gasteiger partial charge on any atom is -0.481 e. The van der Waals surface area contributed by atoms with Gasteiger partial charge in [0.15, 0.2) is 0 Å². The van der Waals surface area contributed by atoms with E-state index in [0.717, 1.165) is 10.9 Å². The summed E-state index contributed by atoms with van der Waals surface area (Å²) in [5, 5.41) is 10.4. The SMILES string of the molecule is COc1ncc(C(=O)O)c2ccc(C)cc12. The highest BCUT2D eigenvalue weighted by Crippen LogP contribution is 2.26. The normalized spacial score (nSPS) is 10.4. The third-order valence-electron chi connectivity index (χ3n) is 2.43. The van der Waals surface area contributed by atoms with E-state index in [1.165, 1.54) is 13.3 Å². The molecule has 1 N–H and O–H groups in total. The number of fused-ring (bicyclic) bond motifs is 1. The largest absolute Gasteiger partial charge is 0.481 e. The maximum Gasteiger partial charge on any atom is 0.337 e. The molecular weight excluding hydrogens is 206 g/mol. The van der Waals surface area contributed by atoms with Gasteiger partial charge in [-0.1, -0.05) is 17.7 Å². The number of aromatic nitrogens is 1. The van der Waals surface area contributed by atoms with E-state index in [4.69, 9.17) is 9.84 Å². The fourth-order valence-corrected chi connectivity index (χ4v) is 1.67. The van der Waals surface area contributed by atoms with Crippen LogP contribution in [0.3, 0.4) is 0 Å². The summed E-state index contributed by atoms with van der Waals surface area (Å²) in [6.07, 6.45) is 1.32. The molecule has 16 heavy (non-hydrogen) atoms. The maximum absolute atomic E-state index is 11.0. The summed E-state index contributed by atoms with van der Waals surface area (Å²) in [5.74, 6) is -0.535. The third kappa shape index (κ3) is 1.58. The molecule has 0 saturated carbocycles. The summed E-state index contributed by atoms with van der Waals surface area (Å²) in [5.41, 5.74) is 1.23. The molecule has 1 heterocycles. The molecule has 0 fully saturated rings. The van der Waals surface area contributed by atoms with Gasteiger partial charge in [-0.2, -0.15) is 0 Å². The van der Waals surface area contributed by atoms with E-state index in [0.29, 0.717) is 11.3 Å². The Morgan fingerprint density at radius 2 is 2.12 bits per heavy atom. The molecule has 0 spiro atoms. The molecule has 0 aliphatic heterocycles. The van der Waals surface area contributed by atoms with Crippen molar-refractivity contribution in [2.45, 2.75) is 6.92 Å². The Kier molecular flexibility index (Phi) is 2.48. The average Bonchev–Trinajstić information content (AvgIpc) is 2.27. The van der Waals surface area contributed by atoms with Gasteiger partial charge in [0.25, 0.3) is 0 Å². The van der Waals surface area contributed by atoms with Gasteiger partial charge in [0, 0.05) is 17.0 Å². The quantitative estimate of drug-likeness (QED) is 0.838. The van der Waals surface area contributed by atoms with Gasteiger partial charge >= 0.3 is 5.97 Å². The molecule has 0 amide bonds. The molecule has 0 bridgehead atoms. The van der Waals surface area contributed by atoms with Crippen LogP contribution in [-0.2, 0) is 0 Å². The summed E-state index contributed by atoms with van der Waals surface area (Å²) in [6.45, 7) is 1.94. The predicted octanol–water partition coefficient (Wildman–Crippen LogP) is 2.25. The smallest absolute Gasteiger partial charge is 0.337 e. The lowest BCUT2D eigenvalue weighted by Crippen LogP contribution is -2.00. The first kappa shape index (κ1) is 10.4. The van der Waals surface area contributed by atoms with Crippen molar-refractivity contribution in [2.24, 2.45) is 0 Å². The van der Waals surface area contributed by atoms with Crippen LogP contribution < -0.4 is 4.74 Å². The second-order valence-corrected chi connectivity index (χ2v) is 3.54. The Bertz CT molecular complexity index is 563. The number of carbonyl (C=O) groups is 1. The lowest BCUT2D eigenvalue weighted by atomic mass is 10.1. The molecule has 2 aromatic rings. The first-order valence-electron chi connectivity index (χ1n) is 4.80. The van der Waals surface area contributed by atoms with E-state index >= 15 is 0 Å². The Balaban J connectivity index is 2.85. The zero-order valence-electron chi connectivity index (χ0n) is 9.02. The summed E-state index contributed by atoms with van der Waals surface area (Å²) >= 11 is 0. The van der Waals surface area contributed by atoms with Crippen molar-refractivity contribution in [1.82, 2.24) is 4.98 Å². The number of hydrogen-bond donors (Lipinski definition) is 1. The standard InChI is InChI=1S/C12H11NO3/c1-7-3-4-8-9(5-7)11(16-2)13-6-10(8)12(14)15/h3-6H,1-2H3,(H,14,15). The van der Waals surface area contributed by atoms with Crippen molar-refractivity contribution in [3.8, 4) is 5.88 Å². The number of hydrogen-bond acceptors (Lipinski definition) is 3. The van der Waals surface area contributed by atoms with Crippen LogP contribution in [0.4, 0.5) is 0 Å². The van der Waals surface area contributed by atoms with Crippen LogP contribution in [0.1, 0.15) is 15.9 Å². The van der Waals surface area contributed by atoms with Gasteiger partial charge in [-0.05, 0) is 13.0 Å². The first-order chi connectivity index (χ1) is 7.63. The van der Waals surface area contributed by atoms with Gasteiger partial charge in [-0.15, -0.1) is 0 Å². The number of benzene rings is 1. The number of aryl methyl sites for hydroxylation is 1. The van der Waals surface area contributed by atoms with Crippen LogP contribution in [0.2, 0.25) is 0 Å². The molecule has 2 rings (SSSR count). The number of carboxylic acid groups (broad SMARTS) is 1. The molecule has 0 aliphatic rings. The van der Waals surface area contributed by atoms with Gasteiger partial charge < -0.3 is 9.84 Å². The zero-order chi connectivity index (χ0) is 11.7. The van der Waals surface area contributed by atoms with Crippen LogP contribution in [0.15, 0.2) is 24.4 Å². The number of ether oxygens (including phenoxy) is 1. The monoisotopic (exact) mass is 217 g/mol. The topological polar surface area (TPSA) is 59.4 Å². The molecule has 0 radical (unpaired) electrons. The third-order valence-corrected chi connectivity index (χ3v) is 2.43. The number of rotatable bonds is 2. The zero-order valence-corrected chi connectivity index (χ0v) is 9.02. The van der Waals surface area contributed by atoms with Crippen molar-refractivity contribution in [3.63, 3.8) is 0 Å². The van der Waals surface area contributed by atoms with Gasteiger partial charge in [0.1, 0.15) is 0 Å². The average molecular weight is 217 g/mol. The van der Waals surface area contributed by atoms with Crippen LogP contribution in [0.25, 0.3) is 10.8 Å². The predicted molar refractivity (Wildman–Crippen MR) is 60.0 cm³/mol. The number of methoxy groups -OCH3 is 1. The van der Waals surface area contributed by atoms with E-state index < -0.39 is 5.97 Å². The van der Waals surface area contributed by atoms with E-state index in [1.54, 1.807) is 6.07 Å². The van der Waals surface area contributed by atoms with Crippen molar-refractivity contribution in [3.05, 3.63) is 35.5 Å². The molecule has 82 valence electrons.